The molecule has 0 heterocycles. The summed E-state index contributed by atoms with van der Waals surface area (Å²) in [5, 5.41) is 8.06. The van der Waals surface area contributed by atoms with E-state index in [-0.39, 0.29) is 28.2 Å². The van der Waals surface area contributed by atoms with Crippen molar-refractivity contribution in [3.63, 3.8) is 0 Å². The molecule has 2 rings (SSSR count). The number of benzene rings is 2. The lowest BCUT2D eigenvalue weighted by atomic mass is 10.0. The lowest BCUT2D eigenvalue weighted by Gasteiger charge is -2.19. The average molecular weight is 352 g/mol. The van der Waals surface area contributed by atoms with Gasteiger partial charge in [0.25, 0.3) is 10.1 Å². The van der Waals surface area contributed by atoms with E-state index in [1.54, 1.807) is 0 Å². The summed E-state index contributed by atoms with van der Waals surface area (Å²) in [5.41, 5.74) is 0.192. The molecule has 0 fully saturated rings. The summed E-state index contributed by atoms with van der Waals surface area (Å²) in [6.45, 7) is 0. The van der Waals surface area contributed by atoms with Crippen LogP contribution < -0.4 is 4.74 Å². The van der Waals surface area contributed by atoms with Crippen molar-refractivity contribution in [2.24, 2.45) is 0 Å². The van der Waals surface area contributed by atoms with E-state index < -0.39 is 21.3 Å². The summed E-state index contributed by atoms with van der Waals surface area (Å²) in [7, 11) is -2.16. The van der Waals surface area contributed by atoms with Gasteiger partial charge in [-0.1, -0.05) is 24.3 Å². The lowest BCUT2D eigenvalue weighted by molar-refractivity contribution is 0.0596. The van der Waals surface area contributed by atoms with Gasteiger partial charge in [0.1, 0.15) is 22.3 Å². The van der Waals surface area contributed by atoms with Crippen LogP contribution in [0.25, 0.3) is 0 Å². The Kier molecular flexibility index (Phi) is 5.10. The number of ether oxygens (including phenoxy) is 2. The Balaban J connectivity index is 2.75. The van der Waals surface area contributed by atoms with Crippen molar-refractivity contribution in [2.75, 3.05) is 14.2 Å². The van der Waals surface area contributed by atoms with Crippen LogP contribution >= 0.6 is 0 Å². The maximum absolute atomic E-state index is 12.0. The molecule has 7 nitrogen and oxygen atoms in total. The monoisotopic (exact) mass is 352 g/mol. The van der Waals surface area contributed by atoms with Gasteiger partial charge in [0.05, 0.1) is 14.2 Å². The summed E-state index contributed by atoms with van der Waals surface area (Å²) >= 11 is 0. The van der Waals surface area contributed by atoms with Crippen LogP contribution in [0.1, 0.15) is 26.7 Å². The third-order valence-electron chi connectivity index (χ3n) is 3.41. The van der Waals surface area contributed by atoms with Crippen LogP contribution in [-0.2, 0) is 14.9 Å². The van der Waals surface area contributed by atoms with Crippen LogP contribution in [0, 0.1) is 0 Å². The lowest BCUT2D eigenvalue weighted by Crippen LogP contribution is -2.16. The first kappa shape index (κ1) is 17.8. The zero-order valence-corrected chi connectivity index (χ0v) is 13.8. The molecule has 2 N–H and O–H groups in total. The minimum Gasteiger partial charge on any atom is -0.508 e. The Morgan fingerprint density at radius 3 is 2.33 bits per heavy atom. The fraction of sp³-hybridized carbons (Fsp3) is 0.188. The van der Waals surface area contributed by atoms with Gasteiger partial charge in [0.2, 0.25) is 0 Å². The molecular weight excluding hydrogens is 336 g/mol. The largest absolute Gasteiger partial charge is 0.508 e. The molecule has 1 unspecified atom stereocenters. The van der Waals surface area contributed by atoms with E-state index in [1.807, 2.05) is 0 Å². The van der Waals surface area contributed by atoms with E-state index in [9.17, 15) is 22.9 Å². The van der Waals surface area contributed by atoms with Crippen LogP contribution in [0.15, 0.2) is 42.5 Å². The topological polar surface area (TPSA) is 110 Å². The van der Waals surface area contributed by atoms with Crippen LogP contribution in [0.3, 0.4) is 0 Å². The number of phenols is 1. The standard InChI is InChI=1S/C16H16O7S/c1-22-14-12(7-4-8-13(14)16(18)23-2)15(24(19,20)21)10-5-3-6-11(17)9-10/h3-9,15,17H,1-2H3,(H,19,20,21). The van der Waals surface area contributed by atoms with Crippen molar-refractivity contribution in [1.82, 2.24) is 0 Å². The highest BCUT2D eigenvalue weighted by Gasteiger charge is 2.32. The molecule has 0 radical (unpaired) electrons. The van der Waals surface area contributed by atoms with Gasteiger partial charge in [-0.3, -0.25) is 4.55 Å². The number of methoxy groups -OCH3 is 2. The predicted molar refractivity (Wildman–Crippen MR) is 85.8 cm³/mol. The number of phenolic OH excluding ortho intramolecular Hbond substituents is 1. The van der Waals surface area contributed by atoms with E-state index >= 15 is 0 Å². The van der Waals surface area contributed by atoms with Gasteiger partial charge in [0, 0.05) is 5.56 Å². The van der Waals surface area contributed by atoms with E-state index in [0.29, 0.717) is 0 Å². The fourth-order valence-corrected chi connectivity index (χ4v) is 3.46. The van der Waals surface area contributed by atoms with Crippen molar-refractivity contribution in [3.8, 4) is 11.5 Å². The Morgan fingerprint density at radius 2 is 1.79 bits per heavy atom. The molecule has 0 spiro atoms. The molecule has 0 saturated heterocycles. The van der Waals surface area contributed by atoms with E-state index in [2.05, 4.69) is 4.74 Å². The second-order valence-electron chi connectivity index (χ2n) is 4.91. The summed E-state index contributed by atoms with van der Waals surface area (Å²) in [4.78, 5) is 11.9. The van der Waals surface area contributed by atoms with Crippen LogP contribution in [0.4, 0.5) is 0 Å². The summed E-state index contributed by atoms with van der Waals surface area (Å²) in [6.07, 6.45) is 0. The smallest absolute Gasteiger partial charge is 0.341 e. The minimum absolute atomic E-state index is 0.0197. The molecule has 0 aromatic heterocycles. The fourth-order valence-electron chi connectivity index (χ4n) is 2.46. The second kappa shape index (κ2) is 6.90. The number of esters is 1. The summed E-state index contributed by atoms with van der Waals surface area (Å²) in [6, 6.07) is 9.73. The molecule has 128 valence electrons. The molecule has 0 aliphatic carbocycles. The average Bonchev–Trinajstić information content (AvgIpc) is 2.52. The molecule has 1 atom stereocenters. The first-order valence-corrected chi connectivity index (χ1v) is 8.30. The number of carbonyl (C=O) groups excluding carboxylic acids is 1. The number of rotatable bonds is 5. The van der Waals surface area contributed by atoms with Gasteiger partial charge in [-0.25, -0.2) is 4.79 Å². The van der Waals surface area contributed by atoms with Crippen molar-refractivity contribution >= 4 is 16.1 Å². The minimum atomic E-state index is -4.61. The van der Waals surface area contributed by atoms with Crippen LogP contribution in [0.2, 0.25) is 0 Å². The molecule has 2 aromatic rings. The summed E-state index contributed by atoms with van der Waals surface area (Å²) < 4.78 is 43.5. The Bertz CT molecular complexity index is 858. The molecule has 24 heavy (non-hydrogen) atoms. The maximum Gasteiger partial charge on any atom is 0.341 e. The Hall–Kier alpha value is -2.58. The Labute approximate surface area is 139 Å². The second-order valence-corrected chi connectivity index (χ2v) is 6.41. The quantitative estimate of drug-likeness (QED) is 0.627. The van der Waals surface area contributed by atoms with Crippen molar-refractivity contribution < 1.29 is 32.3 Å². The molecule has 2 aromatic carbocycles. The molecule has 0 aliphatic rings. The zero-order chi connectivity index (χ0) is 17.9. The normalized spacial score (nSPS) is 12.5. The molecule has 0 amide bonds. The molecule has 0 saturated carbocycles. The van der Waals surface area contributed by atoms with E-state index in [1.165, 1.54) is 56.7 Å². The van der Waals surface area contributed by atoms with E-state index in [4.69, 9.17) is 4.74 Å². The van der Waals surface area contributed by atoms with Crippen molar-refractivity contribution in [3.05, 3.63) is 59.2 Å². The zero-order valence-electron chi connectivity index (χ0n) is 13.0. The number of aromatic hydroxyl groups is 1. The van der Waals surface area contributed by atoms with Crippen molar-refractivity contribution in [1.29, 1.82) is 0 Å². The number of hydrogen-bond acceptors (Lipinski definition) is 6. The van der Waals surface area contributed by atoms with Gasteiger partial charge in [-0.15, -0.1) is 0 Å². The first-order valence-electron chi connectivity index (χ1n) is 6.80. The highest BCUT2D eigenvalue weighted by atomic mass is 32.2. The number of para-hydroxylation sites is 1. The number of hydrogen-bond donors (Lipinski definition) is 2. The number of carbonyl (C=O) groups is 1. The first-order chi connectivity index (χ1) is 11.3. The van der Waals surface area contributed by atoms with Gasteiger partial charge < -0.3 is 14.6 Å². The van der Waals surface area contributed by atoms with Gasteiger partial charge in [-0.2, -0.15) is 8.42 Å². The molecule has 0 bridgehead atoms. The molecule has 0 aliphatic heterocycles. The van der Waals surface area contributed by atoms with Gasteiger partial charge in [0.15, 0.2) is 0 Å². The Morgan fingerprint density at radius 1 is 1.12 bits per heavy atom. The predicted octanol–water partition coefficient (Wildman–Crippen LogP) is 2.16. The van der Waals surface area contributed by atoms with Crippen LogP contribution in [-0.4, -0.2) is 38.3 Å². The SMILES string of the molecule is COC(=O)c1cccc(C(c2cccc(O)c2)S(=O)(=O)O)c1OC. The van der Waals surface area contributed by atoms with Gasteiger partial charge in [-0.05, 0) is 23.8 Å². The third-order valence-corrected chi connectivity index (χ3v) is 4.53. The van der Waals surface area contributed by atoms with E-state index in [0.717, 1.165) is 0 Å². The molecule has 8 heteroatoms. The molecular formula is C16H16O7S. The van der Waals surface area contributed by atoms with Gasteiger partial charge >= 0.3 is 5.97 Å². The third kappa shape index (κ3) is 3.50. The summed E-state index contributed by atoms with van der Waals surface area (Å²) in [5.74, 6) is -0.904. The van der Waals surface area contributed by atoms with Crippen LogP contribution in [0.5, 0.6) is 11.5 Å². The van der Waals surface area contributed by atoms with Crippen molar-refractivity contribution in [2.45, 2.75) is 5.25 Å². The highest BCUT2D eigenvalue weighted by Crippen LogP contribution is 2.38. The maximum atomic E-state index is 12.0. The highest BCUT2D eigenvalue weighted by molar-refractivity contribution is 7.86.